The predicted molar refractivity (Wildman–Crippen MR) is 161 cm³/mol. The Balaban J connectivity index is 2.02. The average molecular weight is 616 g/mol. The molecule has 12 nitrogen and oxygen atoms in total. The standard InChI is InChI=1S/C30H41N5O7S/c1-18(2)23(24(36)28(39)32-17-20-13-15-22(16-14-20)43(41,42)31-7)34-26(37)19(3)33-29(40)25(30(4,5)6)35-27(38)21-11-9-8-10-12-21/h8-16,18-19,23,25,31H,17H2,1-7H3,(H,32,39)(H,33,40)(H,34,37)(H,35,38)/t19-,23-,25+/m0/s1. The molecule has 0 aliphatic carbocycles. The molecule has 5 N–H and O–H groups in total. The molecule has 0 heterocycles. The van der Waals surface area contributed by atoms with Crippen LogP contribution in [0.25, 0.3) is 0 Å². The molecule has 0 spiro atoms. The van der Waals surface area contributed by atoms with E-state index in [0.29, 0.717) is 11.1 Å². The minimum atomic E-state index is -3.61. The van der Waals surface area contributed by atoms with E-state index in [9.17, 15) is 32.4 Å². The maximum absolute atomic E-state index is 13.2. The number of hydrogen-bond donors (Lipinski definition) is 5. The number of hydrogen-bond acceptors (Lipinski definition) is 7. The Morgan fingerprint density at radius 1 is 0.791 bits per heavy atom. The fraction of sp³-hybridized carbons (Fsp3) is 0.433. The van der Waals surface area contributed by atoms with Gasteiger partial charge in [0, 0.05) is 12.1 Å². The summed E-state index contributed by atoms with van der Waals surface area (Å²) < 4.78 is 26.0. The van der Waals surface area contributed by atoms with Crippen molar-refractivity contribution in [2.45, 2.75) is 71.1 Å². The van der Waals surface area contributed by atoms with E-state index in [0.717, 1.165) is 0 Å². The van der Waals surface area contributed by atoms with E-state index in [1.807, 2.05) is 0 Å². The number of amides is 4. The van der Waals surface area contributed by atoms with Crippen molar-refractivity contribution in [3.05, 3.63) is 65.7 Å². The first kappa shape index (κ1) is 35.1. The highest BCUT2D eigenvalue weighted by Gasteiger charge is 2.36. The predicted octanol–water partition coefficient (Wildman–Crippen LogP) is 1.27. The molecule has 234 valence electrons. The molecule has 0 aliphatic heterocycles. The van der Waals surface area contributed by atoms with Crippen LogP contribution in [0.4, 0.5) is 0 Å². The quantitative estimate of drug-likeness (QED) is 0.211. The minimum Gasteiger partial charge on any atom is -0.345 e. The van der Waals surface area contributed by atoms with Crippen LogP contribution in [-0.2, 0) is 35.7 Å². The van der Waals surface area contributed by atoms with Crippen LogP contribution in [0.5, 0.6) is 0 Å². The largest absolute Gasteiger partial charge is 0.345 e. The molecule has 3 atom stereocenters. The highest BCUT2D eigenvalue weighted by Crippen LogP contribution is 2.20. The van der Waals surface area contributed by atoms with Gasteiger partial charge in [-0.1, -0.05) is 65.0 Å². The normalized spacial score (nSPS) is 13.8. The van der Waals surface area contributed by atoms with Crippen molar-refractivity contribution in [2.24, 2.45) is 11.3 Å². The first-order chi connectivity index (χ1) is 20.0. The molecule has 4 amide bonds. The number of carbonyl (C=O) groups excluding carboxylic acids is 5. The van der Waals surface area contributed by atoms with Gasteiger partial charge >= 0.3 is 0 Å². The van der Waals surface area contributed by atoms with Gasteiger partial charge < -0.3 is 21.3 Å². The smallest absolute Gasteiger partial charge is 0.289 e. The summed E-state index contributed by atoms with van der Waals surface area (Å²) >= 11 is 0. The molecule has 2 rings (SSSR count). The topological polar surface area (TPSA) is 180 Å². The third-order valence-electron chi connectivity index (χ3n) is 6.62. The third-order valence-corrected chi connectivity index (χ3v) is 8.05. The second-order valence-corrected chi connectivity index (χ2v) is 13.4. The Morgan fingerprint density at radius 2 is 1.37 bits per heavy atom. The van der Waals surface area contributed by atoms with Gasteiger partial charge in [0.2, 0.25) is 27.6 Å². The van der Waals surface area contributed by atoms with E-state index in [2.05, 4.69) is 26.0 Å². The molecule has 0 bridgehead atoms. The number of rotatable bonds is 13. The van der Waals surface area contributed by atoms with Crippen LogP contribution in [0.1, 0.15) is 57.5 Å². The van der Waals surface area contributed by atoms with Crippen molar-refractivity contribution < 1.29 is 32.4 Å². The van der Waals surface area contributed by atoms with Crippen LogP contribution in [0.3, 0.4) is 0 Å². The molecule has 2 aromatic rings. The zero-order chi connectivity index (χ0) is 32.5. The maximum atomic E-state index is 13.2. The molecule has 13 heteroatoms. The third kappa shape index (κ3) is 10.00. The molecule has 0 aromatic heterocycles. The highest BCUT2D eigenvalue weighted by molar-refractivity contribution is 7.89. The monoisotopic (exact) mass is 615 g/mol. The zero-order valence-corrected chi connectivity index (χ0v) is 26.3. The van der Waals surface area contributed by atoms with Gasteiger partial charge in [-0.2, -0.15) is 0 Å². The summed E-state index contributed by atoms with van der Waals surface area (Å²) in [6.07, 6.45) is 0. The van der Waals surface area contributed by atoms with Gasteiger partial charge in [-0.05, 0) is 55.1 Å². The number of benzene rings is 2. The summed E-state index contributed by atoms with van der Waals surface area (Å²) in [6.45, 7) is 10.0. The van der Waals surface area contributed by atoms with E-state index in [1.54, 1.807) is 65.0 Å². The summed E-state index contributed by atoms with van der Waals surface area (Å²) in [4.78, 5) is 64.6. The van der Waals surface area contributed by atoms with E-state index < -0.39 is 68.9 Å². The molecular weight excluding hydrogens is 574 g/mol. The molecule has 43 heavy (non-hydrogen) atoms. The number of ketones is 1. The summed E-state index contributed by atoms with van der Waals surface area (Å²) in [7, 11) is -2.32. The lowest BCUT2D eigenvalue weighted by Gasteiger charge is -2.31. The molecular formula is C30H41N5O7S. The summed E-state index contributed by atoms with van der Waals surface area (Å²) in [5, 5.41) is 10.4. The maximum Gasteiger partial charge on any atom is 0.289 e. The lowest BCUT2D eigenvalue weighted by atomic mass is 9.85. The number of nitrogens with one attached hydrogen (secondary N) is 5. The summed E-state index contributed by atoms with van der Waals surface area (Å²) in [5.74, 6) is -3.97. The average Bonchev–Trinajstić information content (AvgIpc) is 2.96. The molecule has 0 fully saturated rings. The zero-order valence-electron chi connectivity index (χ0n) is 25.5. The number of Topliss-reactive ketones (excluding diaryl/α,β-unsaturated/α-hetero) is 1. The van der Waals surface area contributed by atoms with E-state index >= 15 is 0 Å². The lowest BCUT2D eigenvalue weighted by Crippen LogP contribution is -2.59. The molecule has 0 radical (unpaired) electrons. The van der Waals surface area contributed by atoms with Crippen molar-refractivity contribution in [1.82, 2.24) is 26.0 Å². The van der Waals surface area contributed by atoms with Crippen molar-refractivity contribution in [3.63, 3.8) is 0 Å². The van der Waals surface area contributed by atoms with E-state index in [4.69, 9.17) is 0 Å². The van der Waals surface area contributed by atoms with Crippen LogP contribution in [-0.4, -0.2) is 63.0 Å². The van der Waals surface area contributed by atoms with Gasteiger partial charge in [0.25, 0.3) is 11.8 Å². The van der Waals surface area contributed by atoms with Crippen LogP contribution in [0, 0.1) is 11.3 Å². The van der Waals surface area contributed by atoms with Crippen LogP contribution < -0.4 is 26.0 Å². The van der Waals surface area contributed by atoms with Gasteiger partial charge in [-0.25, -0.2) is 13.1 Å². The second-order valence-electron chi connectivity index (χ2n) is 11.5. The van der Waals surface area contributed by atoms with Gasteiger partial charge in [-0.3, -0.25) is 24.0 Å². The molecule has 0 aliphatic rings. The first-order valence-electron chi connectivity index (χ1n) is 13.8. The molecule has 2 aromatic carbocycles. The Hall–Kier alpha value is -4.10. The van der Waals surface area contributed by atoms with Gasteiger partial charge in [0.15, 0.2) is 0 Å². The van der Waals surface area contributed by atoms with Gasteiger partial charge in [0.1, 0.15) is 12.1 Å². The van der Waals surface area contributed by atoms with E-state index in [-0.39, 0.29) is 11.4 Å². The lowest BCUT2D eigenvalue weighted by molar-refractivity contribution is -0.141. The van der Waals surface area contributed by atoms with Crippen LogP contribution in [0.15, 0.2) is 59.5 Å². The SMILES string of the molecule is CNS(=O)(=O)c1ccc(CNC(=O)C(=O)[C@@H](NC(=O)[C@H](C)NC(=O)[C@@H](NC(=O)c2ccccc2)C(C)(C)C)C(C)C)cc1. The summed E-state index contributed by atoms with van der Waals surface area (Å²) in [6, 6.07) is 10.9. The Morgan fingerprint density at radius 3 is 1.88 bits per heavy atom. The van der Waals surface area contributed by atoms with Gasteiger partial charge in [-0.15, -0.1) is 0 Å². The van der Waals surface area contributed by atoms with Crippen molar-refractivity contribution in [3.8, 4) is 0 Å². The Bertz CT molecular complexity index is 1420. The Kier molecular flexibility index (Phi) is 12.1. The summed E-state index contributed by atoms with van der Waals surface area (Å²) in [5.41, 5.74) is 0.247. The Labute approximate surface area is 252 Å². The van der Waals surface area contributed by atoms with Crippen LogP contribution in [0.2, 0.25) is 0 Å². The fourth-order valence-electron chi connectivity index (χ4n) is 3.97. The minimum absolute atomic E-state index is 0.0431. The number of carbonyl (C=O) groups is 5. The van der Waals surface area contributed by atoms with Crippen LogP contribution >= 0.6 is 0 Å². The van der Waals surface area contributed by atoms with Crippen molar-refractivity contribution in [1.29, 1.82) is 0 Å². The van der Waals surface area contributed by atoms with Gasteiger partial charge in [0.05, 0.1) is 10.9 Å². The second kappa shape index (κ2) is 14.9. The number of sulfonamides is 1. The molecule has 0 unspecified atom stereocenters. The van der Waals surface area contributed by atoms with Crippen molar-refractivity contribution >= 4 is 39.4 Å². The van der Waals surface area contributed by atoms with E-state index in [1.165, 1.54) is 38.2 Å². The fourth-order valence-corrected chi connectivity index (χ4v) is 4.70. The molecule has 0 saturated heterocycles. The molecule has 0 saturated carbocycles. The van der Waals surface area contributed by atoms with Crippen molar-refractivity contribution in [2.75, 3.05) is 7.05 Å². The first-order valence-corrected chi connectivity index (χ1v) is 15.3. The highest BCUT2D eigenvalue weighted by atomic mass is 32.2.